The van der Waals surface area contributed by atoms with Gasteiger partial charge in [-0.3, -0.25) is 19.2 Å². The summed E-state index contributed by atoms with van der Waals surface area (Å²) in [5.41, 5.74) is 0.851. The van der Waals surface area contributed by atoms with Crippen molar-refractivity contribution in [2.45, 2.75) is 50.4 Å². The molecule has 164 valence electrons. The molecule has 5 N–H and O–H groups in total. The highest BCUT2D eigenvalue weighted by molar-refractivity contribution is 7.80. The van der Waals surface area contributed by atoms with Gasteiger partial charge >= 0.3 is 5.97 Å². The first kappa shape index (κ1) is 23.7. The predicted octanol–water partition coefficient (Wildman–Crippen LogP) is -0.530. The average Bonchev–Trinajstić information content (AvgIpc) is 3.26. The number of rotatable bonds is 10. The SMILES string of the molecule is CC(NC(=O)C(CS)NC(=O)C(Cc1ccccc1)NC(=O)C1CCCN1)C(=O)O. The Hall–Kier alpha value is -2.59. The topological polar surface area (TPSA) is 137 Å². The fraction of sp³-hybridized carbons (Fsp3) is 0.500. The lowest BCUT2D eigenvalue weighted by atomic mass is 10.0. The van der Waals surface area contributed by atoms with Gasteiger partial charge < -0.3 is 26.4 Å². The van der Waals surface area contributed by atoms with Gasteiger partial charge in [0.1, 0.15) is 18.1 Å². The molecule has 2 rings (SSSR count). The van der Waals surface area contributed by atoms with Crippen LogP contribution in [0.25, 0.3) is 0 Å². The molecule has 0 aromatic heterocycles. The third-order valence-electron chi connectivity index (χ3n) is 4.84. The number of thiol groups is 1. The standard InChI is InChI=1S/C20H28N4O5S/c1-12(20(28)29)22-19(27)16(11-30)24-18(26)15(10-13-6-3-2-4-7-13)23-17(25)14-8-5-9-21-14/h2-4,6-7,12,14-16,21,30H,5,8-11H2,1H3,(H,22,27)(H,23,25)(H,24,26)(H,28,29). The van der Waals surface area contributed by atoms with Crippen molar-refractivity contribution >= 4 is 36.3 Å². The van der Waals surface area contributed by atoms with Crippen LogP contribution in [0.1, 0.15) is 25.3 Å². The van der Waals surface area contributed by atoms with Crippen LogP contribution in [0, 0.1) is 0 Å². The molecular formula is C20H28N4O5S. The first-order valence-corrected chi connectivity index (χ1v) is 10.5. The van der Waals surface area contributed by atoms with E-state index in [0.717, 1.165) is 18.5 Å². The van der Waals surface area contributed by atoms with Crippen molar-refractivity contribution in [2.24, 2.45) is 0 Å². The number of hydrogen-bond donors (Lipinski definition) is 6. The van der Waals surface area contributed by atoms with E-state index in [-0.39, 0.29) is 24.1 Å². The van der Waals surface area contributed by atoms with E-state index in [2.05, 4.69) is 33.9 Å². The molecule has 1 heterocycles. The Bertz CT molecular complexity index is 755. The summed E-state index contributed by atoms with van der Waals surface area (Å²) < 4.78 is 0. The van der Waals surface area contributed by atoms with Gasteiger partial charge in [-0.25, -0.2) is 0 Å². The molecule has 1 aromatic carbocycles. The van der Waals surface area contributed by atoms with E-state index >= 15 is 0 Å². The first-order valence-electron chi connectivity index (χ1n) is 9.84. The highest BCUT2D eigenvalue weighted by Crippen LogP contribution is 2.08. The zero-order chi connectivity index (χ0) is 22.1. The summed E-state index contributed by atoms with van der Waals surface area (Å²) in [5.74, 6) is -2.68. The normalized spacial score (nSPS) is 18.7. The zero-order valence-electron chi connectivity index (χ0n) is 16.8. The molecule has 1 aliphatic heterocycles. The van der Waals surface area contributed by atoms with E-state index in [9.17, 15) is 19.2 Å². The number of nitrogens with one attached hydrogen (secondary N) is 4. The molecule has 1 aromatic rings. The second-order valence-corrected chi connectivity index (χ2v) is 7.58. The van der Waals surface area contributed by atoms with Crippen LogP contribution in [0.4, 0.5) is 0 Å². The van der Waals surface area contributed by atoms with Crippen molar-refractivity contribution in [1.29, 1.82) is 0 Å². The van der Waals surface area contributed by atoms with Crippen LogP contribution >= 0.6 is 12.6 Å². The Labute approximate surface area is 180 Å². The maximum atomic E-state index is 12.9. The predicted molar refractivity (Wildman–Crippen MR) is 114 cm³/mol. The van der Waals surface area contributed by atoms with Crippen LogP contribution in [0.15, 0.2) is 30.3 Å². The molecule has 1 saturated heterocycles. The van der Waals surface area contributed by atoms with E-state index in [1.54, 1.807) is 0 Å². The van der Waals surface area contributed by atoms with E-state index in [1.165, 1.54) is 6.92 Å². The third-order valence-corrected chi connectivity index (χ3v) is 5.20. The van der Waals surface area contributed by atoms with Gasteiger partial charge in [-0.2, -0.15) is 12.6 Å². The highest BCUT2D eigenvalue weighted by Gasteiger charge is 2.30. The number of carbonyl (C=O) groups is 4. The molecule has 1 fully saturated rings. The zero-order valence-corrected chi connectivity index (χ0v) is 17.7. The monoisotopic (exact) mass is 436 g/mol. The summed E-state index contributed by atoms with van der Waals surface area (Å²) in [6.45, 7) is 2.07. The van der Waals surface area contributed by atoms with Crippen molar-refractivity contribution in [3.63, 3.8) is 0 Å². The lowest BCUT2D eigenvalue weighted by Crippen LogP contribution is -2.57. The summed E-state index contributed by atoms with van der Waals surface area (Å²) in [4.78, 5) is 48.7. The molecule has 0 saturated carbocycles. The van der Waals surface area contributed by atoms with Gasteiger partial charge in [0.15, 0.2) is 0 Å². The largest absolute Gasteiger partial charge is 0.480 e. The van der Waals surface area contributed by atoms with Crippen molar-refractivity contribution in [1.82, 2.24) is 21.3 Å². The number of carbonyl (C=O) groups excluding carboxylic acids is 3. The second-order valence-electron chi connectivity index (χ2n) is 7.21. The van der Waals surface area contributed by atoms with Crippen LogP contribution in [-0.2, 0) is 25.6 Å². The molecule has 4 unspecified atom stereocenters. The van der Waals surface area contributed by atoms with E-state index < -0.39 is 35.9 Å². The molecule has 0 spiro atoms. The summed E-state index contributed by atoms with van der Waals surface area (Å²) in [6.07, 6.45) is 1.83. The second kappa shape index (κ2) is 11.6. The summed E-state index contributed by atoms with van der Waals surface area (Å²) >= 11 is 4.09. The van der Waals surface area contributed by atoms with Crippen LogP contribution < -0.4 is 21.3 Å². The van der Waals surface area contributed by atoms with Gasteiger partial charge in [0, 0.05) is 12.2 Å². The molecule has 0 aliphatic carbocycles. The lowest BCUT2D eigenvalue weighted by Gasteiger charge is -2.24. The van der Waals surface area contributed by atoms with Gasteiger partial charge in [0.2, 0.25) is 17.7 Å². The molecule has 30 heavy (non-hydrogen) atoms. The summed E-state index contributed by atoms with van der Waals surface area (Å²) in [7, 11) is 0. The lowest BCUT2D eigenvalue weighted by molar-refractivity contribution is -0.141. The Morgan fingerprint density at radius 1 is 1.10 bits per heavy atom. The van der Waals surface area contributed by atoms with Crippen molar-refractivity contribution in [3.8, 4) is 0 Å². The fourth-order valence-corrected chi connectivity index (χ4v) is 3.34. The van der Waals surface area contributed by atoms with Gasteiger partial charge in [-0.15, -0.1) is 0 Å². The minimum absolute atomic E-state index is 0.0277. The Morgan fingerprint density at radius 3 is 2.33 bits per heavy atom. The molecule has 9 nitrogen and oxygen atoms in total. The molecule has 4 atom stereocenters. The van der Waals surface area contributed by atoms with Crippen molar-refractivity contribution in [3.05, 3.63) is 35.9 Å². The molecule has 10 heteroatoms. The van der Waals surface area contributed by atoms with Crippen molar-refractivity contribution < 1.29 is 24.3 Å². The highest BCUT2D eigenvalue weighted by atomic mass is 32.1. The fourth-order valence-electron chi connectivity index (χ4n) is 3.08. The van der Waals surface area contributed by atoms with Crippen LogP contribution in [0.5, 0.6) is 0 Å². The van der Waals surface area contributed by atoms with Gasteiger partial charge in [-0.05, 0) is 31.9 Å². The molecule has 1 aliphatic rings. The quantitative estimate of drug-likeness (QED) is 0.273. The maximum Gasteiger partial charge on any atom is 0.325 e. The van der Waals surface area contributed by atoms with E-state index in [0.29, 0.717) is 6.42 Å². The van der Waals surface area contributed by atoms with Gasteiger partial charge in [0.05, 0.1) is 6.04 Å². The Kier molecular flexibility index (Phi) is 9.13. The molecule has 0 bridgehead atoms. The van der Waals surface area contributed by atoms with Crippen LogP contribution in [0.3, 0.4) is 0 Å². The van der Waals surface area contributed by atoms with Crippen molar-refractivity contribution in [2.75, 3.05) is 12.3 Å². The average molecular weight is 437 g/mol. The van der Waals surface area contributed by atoms with E-state index in [4.69, 9.17) is 5.11 Å². The summed E-state index contributed by atoms with van der Waals surface area (Å²) in [5, 5.41) is 19.7. The molecule has 0 radical (unpaired) electrons. The third kappa shape index (κ3) is 7.03. The van der Waals surface area contributed by atoms with Gasteiger partial charge in [0.25, 0.3) is 0 Å². The number of carboxylic acid groups (broad SMARTS) is 1. The van der Waals surface area contributed by atoms with Crippen LogP contribution in [0.2, 0.25) is 0 Å². The summed E-state index contributed by atoms with van der Waals surface area (Å²) in [6, 6.07) is 5.82. The minimum atomic E-state index is -1.19. The number of aliphatic carboxylic acids is 1. The number of carboxylic acids is 1. The van der Waals surface area contributed by atoms with E-state index in [1.807, 2.05) is 30.3 Å². The first-order chi connectivity index (χ1) is 14.3. The number of hydrogen-bond acceptors (Lipinski definition) is 6. The maximum absolute atomic E-state index is 12.9. The van der Waals surface area contributed by atoms with Crippen LogP contribution in [-0.4, -0.2) is 65.3 Å². The Morgan fingerprint density at radius 2 is 1.77 bits per heavy atom. The number of benzene rings is 1. The molecule has 3 amide bonds. The molecular weight excluding hydrogens is 408 g/mol. The smallest absolute Gasteiger partial charge is 0.325 e. The minimum Gasteiger partial charge on any atom is -0.480 e. The Balaban J connectivity index is 2.08. The van der Waals surface area contributed by atoms with Gasteiger partial charge in [-0.1, -0.05) is 30.3 Å². The number of amides is 3.